The molecule has 0 spiro atoms. The number of rotatable bonds is 7. The number of methoxy groups -OCH3 is 1. The van der Waals surface area contributed by atoms with Gasteiger partial charge in [-0.15, -0.1) is 0 Å². The highest BCUT2D eigenvalue weighted by molar-refractivity contribution is 7.98. The molecule has 0 amide bonds. The first-order valence-electron chi connectivity index (χ1n) is 5.67. The first-order valence-corrected chi connectivity index (χ1v) is 7.06. The lowest BCUT2D eigenvalue weighted by Gasteiger charge is -2.23. The maximum Gasteiger partial charge on any atom is 0.292 e. The number of hydrogen-bond donors (Lipinski definition) is 2. The van der Waals surface area contributed by atoms with Crippen molar-refractivity contribution in [1.29, 1.82) is 0 Å². The molecule has 1 aromatic carbocycles. The van der Waals surface area contributed by atoms with Gasteiger partial charge in [-0.05, 0) is 19.2 Å². The second kappa shape index (κ2) is 6.63. The lowest BCUT2D eigenvalue weighted by Crippen LogP contribution is -2.36. The van der Waals surface area contributed by atoms with Gasteiger partial charge in [0.25, 0.3) is 5.69 Å². The van der Waals surface area contributed by atoms with Crippen LogP contribution in [0.15, 0.2) is 18.2 Å². The number of aliphatic hydroxyl groups is 1. The molecule has 0 saturated carbocycles. The van der Waals surface area contributed by atoms with E-state index in [4.69, 9.17) is 4.74 Å². The van der Waals surface area contributed by atoms with Crippen LogP contribution in [0.25, 0.3) is 0 Å². The Kier molecular flexibility index (Phi) is 5.44. The van der Waals surface area contributed by atoms with Crippen LogP contribution < -0.4 is 10.1 Å². The molecule has 7 heteroatoms. The van der Waals surface area contributed by atoms with Gasteiger partial charge in [0, 0.05) is 24.4 Å². The van der Waals surface area contributed by atoms with E-state index < -0.39 is 10.5 Å². The highest BCUT2D eigenvalue weighted by Crippen LogP contribution is 2.29. The van der Waals surface area contributed by atoms with Gasteiger partial charge in [0.05, 0.1) is 17.6 Å². The van der Waals surface area contributed by atoms with E-state index in [2.05, 4.69) is 5.32 Å². The zero-order valence-electron chi connectivity index (χ0n) is 11.2. The van der Waals surface area contributed by atoms with Crippen molar-refractivity contribution in [2.75, 3.05) is 31.0 Å². The molecule has 106 valence electrons. The lowest BCUT2D eigenvalue weighted by atomic mass is 10.1. The summed E-state index contributed by atoms with van der Waals surface area (Å²) in [5.74, 6) is 1.07. The van der Waals surface area contributed by atoms with Gasteiger partial charge in [-0.3, -0.25) is 10.1 Å². The van der Waals surface area contributed by atoms with E-state index in [1.807, 2.05) is 6.26 Å². The zero-order valence-corrected chi connectivity index (χ0v) is 12.0. The summed E-state index contributed by atoms with van der Waals surface area (Å²) in [7, 11) is 1.49. The Labute approximate surface area is 116 Å². The predicted octanol–water partition coefficient (Wildman–Crippen LogP) is 2.13. The second-order valence-electron chi connectivity index (χ2n) is 4.42. The topological polar surface area (TPSA) is 84.6 Å². The third-order valence-electron chi connectivity index (χ3n) is 2.52. The van der Waals surface area contributed by atoms with Crippen LogP contribution in [0.1, 0.15) is 6.92 Å². The molecule has 0 aromatic heterocycles. The van der Waals surface area contributed by atoms with Crippen LogP contribution in [0.4, 0.5) is 11.4 Å². The number of nitro groups is 1. The van der Waals surface area contributed by atoms with Crippen LogP contribution >= 0.6 is 11.8 Å². The number of nitro benzene ring substituents is 1. The van der Waals surface area contributed by atoms with Gasteiger partial charge in [0.2, 0.25) is 0 Å². The molecular weight excluding hydrogens is 268 g/mol. The van der Waals surface area contributed by atoms with Crippen molar-refractivity contribution in [3.8, 4) is 5.75 Å². The Balaban J connectivity index is 2.89. The SMILES string of the molecule is COc1ccc([N+](=O)[O-])c(NCC(C)(O)CSC)c1. The second-order valence-corrected chi connectivity index (χ2v) is 5.29. The van der Waals surface area contributed by atoms with Crippen molar-refractivity contribution in [1.82, 2.24) is 0 Å². The van der Waals surface area contributed by atoms with Crippen molar-refractivity contribution in [3.05, 3.63) is 28.3 Å². The quantitative estimate of drug-likeness (QED) is 0.590. The van der Waals surface area contributed by atoms with E-state index in [9.17, 15) is 15.2 Å². The smallest absolute Gasteiger partial charge is 0.292 e. The number of thioether (sulfide) groups is 1. The normalized spacial score (nSPS) is 13.7. The average Bonchev–Trinajstić information content (AvgIpc) is 2.35. The summed E-state index contributed by atoms with van der Waals surface area (Å²) < 4.78 is 5.04. The molecular formula is C12H18N2O4S. The van der Waals surface area contributed by atoms with Gasteiger partial charge in [0.1, 0.15) is 11.4 Å². The number of anilines is 1. The van der Waals surface area contributed by atoms with Crippen LogP contribution in [0, 0.1) is 10.1 Å². The molecule has 2 N–H and O–H groups in total. The van der Waals surface area contributed by atoms with E-state index in [0.717, 1.165) is 0 Å². The summed E-state index contributed by atoms with van der Waals surface area (Å²) in [6.07, 6.45) is 1.89. The largest absolute Gasteiger partial charge is 0.497 e. The van der Waals surface area contributed by atoms with Gasteiger partial charge >= 0.3 is 0 Å². The van der Waals surface area contributed by atoms with Crippen molar-refractivity contribution in [3.63, 3.8) is 0 Å². The fourth-order valence-corrected chi connectivity index (χ4v) is 2.31. The fourth-order valence-electron chi connectivity index (χ4n) is 1.59. The minimum atomic E-state index is -0.934. The number of nitrogens with zero attached hydrogens (tertiary/aromatic N) is 1. The molecule has 0 aliphatic heterocycles. The third kappa shape index (κ3) is 4.60. The Morgan fingerprint density at radius 2 is 2.26 bits per heavy atom. The van der Waals surface area contributed by atoms with Crippen LogP contribution in [0.3, 0.4) is 0 Å². The van der Waals surface area contributed by atoms with Crippen molar-refractivity contribution in [2.24, 2.45) is 0 Å². The van der Waals surface area contributed by atoms with Crippen LogP contribution in [0.5, 0.6) is 5.75 Å². The molecule has 1 unspecified atom stereocenters. The summed E-state index contributed by atoms with van der Waals surface area (Å²) in [4.78, 5) is 10.5. The summed E-state index contributed by atoms with van der Waals surface area (Å²) in [5, 5.41) is 23.9. The van der Waals surface area contributed by atoms with Gasteiger partial charge in [0.15, 0.2) is 0 Å². The molecule has 1 rings (SSSR count). The number of nitrogens with one attached hydrogen (secondary N) is 1. The van der Waals surface area contributed by atoms with E-state index in [1.54, 1.807) is 13.0 Å². The van der Waals surface area contributed by atoms with Crippen molar-refractivity contribution in [2.45, 2.75) is 12.5 Å². The first kappa shape index (κ1) is 15.6. The standard InChI is InChI=1S/C12H18N2O4S/c1-12(15,8-19-3)7-13-10-6-9(18-2)4-5-11(10)14(16)17/h4-6,13,15H,7-8H2,1-3H3. The highest BCUT2D eigenvalue weighted by Gasteiger charge is 2.22. The van der Waals surface area contributed by atoms with E-state index in [1.165, 1.54) is 31.0 Å². The van der Waals surface area contributed by atoms with Crippen LogP contribution in [0.2, 0.25) is 0 Å². The summed E-state index contributed by atoms with van der Waals surface area (Å²) in [6.45, 7) is 1.91. The lowest BCUT2D eigenvalue weighted by molar-refractivity contribution is -0.384. The molecule has 19 heavy (non-hydrogen) atoms. The zero-order chi connectivity index (χ0) is 14.5. The van der Waals surface area contributed by atoms with E-state index in [0.29, 0.717) is 17.2 Å². The molecule has 6 nitrogen and oxygen atoms in total. The van der Waals surface area contributed by atoms with Gasteiger partial charge in [-0.25, -0.2) is 0 Å². The molecule has 1 atom stereocenters. The summed E-state index contributed by atoms with van der Waals surface area (Å²) >= 11 is 1.51. The fraction of sp³-hybridized carbons (Fsp3) is 0.500. The van der Waals surface area contributed by atoms with Gasteiger partial charge in [-0.1, -0.05) is 0 Å². The Morgan fingerprint density at radius 1 is 1.58 bits per heavy atom. The van der Waals surface area contributed by atoms with Gasteiger partial charge in [-0.2, -0.15) is 11.8 Å². The number of hydrogen-bond acceptors (Lipinski definition) is 6. The van der Waals surface area contributed by atoms with Gasteiger partial charge < -0.3 is 15.2 Å². The van der Waals surface area contributed by atoms with Crippen LogP contribution in [-0.2, 0) is 0 Å². The van der Waals surface area contributed by atoms with E-state index >= 15 is 0 Å². The highest BCUT2D eigenvalue weighted by atomic mass is 32.2. The maximum atomic E-state index is 10.9. The molecule has 0 heterocycles. The summed E-state index contributed by atoms with van der Waals surface area (Å²) in [6, 6.07) is 4.46. The Bertz CT molecular complexity index is 451. The van der Waals surface area contributed by atoms with Crippen molar-refractivity contribution >= 4 is 23.1 Å². The minimum Gasteiger partial charge on any atom is -0.497 e. The molecule has 0 radical (unpaired) electrons. The molecule has 0 aliphatic carbocycles. The molecule has 1 aromatic rings. The summed E-state index contributed by atoms with van der Waals surface area (Å²) in [5.41, 5.74) is -0.636. The first-order chi connectivity index (χ1) is 8.89. The number of benzene rings is 1. The van der Waals surface area contributed by atoms with Crippen molar-refractivity contribution < 1.29 is 14.8 Å². The Morgan fingerprint density at radius 3 is 2.79 bits per heavy atom. The average molecular weight is 286 g/mol. The third-order valence-corrected chi connectivity index (χ3v) is 3.43. The molecule has 0 bridgehead atoms. The number of ether oxygens (including phenoxy) is 1. The molecule has 0 fully saturated rings. The molecule has 0 saturated heterocycles. The Hall–Kier alpha value is -1.47. The maximum absolute atomic E-state index is 10.9. The molecule has 0 aliphatic rings. The van der Waals surface area contributed by atoms with Crippen LogP contribution in [-0.4, -0.2) is 41.3 Å². The monoisotopic (exact) mass is 286 g/mol. The predicted molar refractivity (Wildman–Crippen MR) is 77.1 cm³/mol. The minimum absolute atomic E-state index is 0.0410. The van der Waals surface area contributed by atoms with E-state index in [-0.39, 0.29) is 12.2 Å².